The highest BCUT2D eigenvalue weighted by atomic mass is 32.2. The molecule has 0 aromatic heterocycles. The number of nitrogens with zero attached hydrogens (tertiary/aromatic N) is 1. The van der Waals surface area contributed by atoms with Gasteiger partial charge >= 0.3 is 5.97 Å². The highest BCUT2D eigenvalue weighted by molar-refractivity contribution is 7.85. The van der Waals surface area contributed by atoms with Crippen LogP contribution in [0.2, 0.25) is 0 Å². The van der Waals surface area contributed by atoms with Gasteiger partial charge in [-0.05, 0) is 63.1 Å². The van der Waals surface area contributed by atoms with Crippen LogP contribution in [0.5, 0.6) is 0 Å². The van der Waals surface area contributed by atoms with Gasteiger partial charge in [-0.3, -0.25) is 38.1 Å². The Hall–Kier alpha value is -4.74. The summed E-state index contributed by atoms with van der Waals surface area (Å²) in [6, 6.07) is 4.88. The summed E-state index contributed by atoms with van der Waals surface area (Å²) in [7, 11) is -4.13. The van der Waals surface area contributed by atoms with Crippen LogP contribution in [0.3, 0.4) is 0 Å². The number of esters is 1. The third kappa shape index (κ3) is 30.6. The molecule has 22 heteroatoms. The zero-order valence-corrected chi connectivity index (χ0v) is 42.3. The van der Waals surface area contributed by atoms with E-state index in [4.69, 9.17) is 28.2 Å². The Balaban J connectivity index is 2.40. The molecule has 1 rings (SSSR count). The molecule has 6 amide bonds. The summed E-state index contributed by atoms with van der Waals surface area (Å²) in [6.45, 7) is 19.2. The fourth-order valence-electron chi connectivity index (χ4n) is 5.58. The maximum atomic E-state index is 13.3. The van der Waals surface area contributed by atoms with Gasteiger partial charge in [0.15, 0.2) is 0 Å². The van der Waals surface area contributed by atoms with E-state index in [0.29, 0.717) is 38.5 Å². The molecule has 0 saturated carbocycles. The number of rotatable bonds is 34. The second kappa shape index (κ2) is 32.1. The Morgan fingerprint density at radius 2 is 1.19 bits per heavy atom. The van der Waals surface area contributed by atoms with Gasteiger partial charge in [-0.15, -0.1) is 0 Å². The maximum absolute atomic E-state index is 13.3. The Morgan fingerprint density at radius 3 is 1.74 bits per heavy atom. The number of hydrogen-bond acceptors (Lipinski definition) is 14. The molecule has 0 fully saturated rings. The summed E-state index contributed by atoms with van der Waals surface area (Å²) in [6.07, 6.45) is 0.495. The molecular weight excluding hydrogens is 909 g/mol. The van der Waals surface area contributed by atoms with E-state index in [-0.39, 0.29) is 114 Å². The molecule has 0 aliphatic carbocycles. The van der Waals surface area contributed by atoms with Crippen LogP contribution in [0.15, 0.2) is 24.3 Å². The van der Waals surface area contributed by atoms with Gasteiger partial charge in [0.1, 0.15) is 18.7 Å². The summed E-state index contributed by atoms with van der Waals surface area (Å²) < 4.78 is 56.9. The summed E-state index contributed by atoms with van der Waals surface area (Å²) in [5.74, 6) is -3.67. The molecule has 0 heterocycles. The summed E-state index contributed by atoms with van der Waals surface area (Å²) in [4.78, 5) is 90.5. The van der Waals surface area contributed by atoms with Gasteiger partial charge in [-0.25, -0.2) is 0 Å². The van der Waals surface area contributed by atoms with Gasteiger partial charge in [0.05, 0.1) is 64.0 Å². The van der Waals surface area contributed by atoms with E-state index in [2.05, 4.69) is 26.6 Å². The number of anilines is 1. The van der Waals surface area contributed by atoms with Crippen molar-refractivity contribution in [1.82, 2.24) is 26.2 Å². The molecule has 1 aromatic carbocycles. The normalized spacial score (nSPS) is 12.7. The highest BCUT2D eigenvalue weighted by Crippen LogP contribution is 2.20. The predicted molar refractivity (Wildman–Crippen MR) is 254 cm³/mol. The van der Waals surface area contributed by atoms with Crippen LogP contribution in [-0.4, -0.2) is 156 Å². The minimum absolute atomic E-state index is 0.0400. The van der Waals surface area contributed by atoms with E-state index in [0.717, 1.165) is 5.56 Å². The van der Waals surface area contributed by atoms with Crippen LogP contribution in [0, 0.1) is 16.7 Å². The molecule has 0 saturated heterocycles. The summed E-state index contributed by atoms with van der Waals surface area (Å²) >= 11 is 0. The fourth-order valence-corrected chi connectivity index (χ4v) is 5.94. The Bertz CT molecular complexity index is 1830. The average molecular weight is 987 g/mol. The van der Waals surface area contributed by atoms with Crippen LogP contribution >= 0.6 is 0 Å². The monoisotopic (exact) mass is 987 g/mol. The van der Waals surface area contributed by atoms with E-state index in [1.54, 1.807) is 63.8 Å². The van der Waals surface area contributed by atoms with Crippen LogP contribution in [0.4, 0.5) is 5.69 Å². The number of nitrogens with one attached hydrogen (secondary N) is 5. The minimum atomic E-state index is -4.13. The van der Waals surface area contributed by atoms with E-state index in [1.165, 1.54) is 6.92 Å². The van der Waals surface area contributed by atoms with E-state index < -0.39 is 57.0 Å². The van der Waals surface area contributed by atoms with Crippen molar-refractivity contribution in [2.45, 2.75) is 113 Å². The number of hydrogen-bond donors (Lipinski definition) is 6. The molecule has 388 valence electrons. The molecule has 68 heavy (non-hydrogen) atoms. The minimum Gasteiger partial charge on any atom is -0.460 e. The van der Waals surface area contributed by atoms with Crippen molar-refractivity contribution in [3.63, 3.8) is 0 Å². The second-order valence-corrected chi connectivity index (χ2v) is 20.2. The number of amides is 6. The Morgan fingerprint density at radius 1 is 0.647 bits per heavy atom. The standard InChI is InChI=1S/C46H78N6O15S/c1-33(2)41(43(58)49-34(3)42(57)50-36-12-10-35(11-13-36)32-67-44(59)46(7,8)9)51-39(55)16-21-52(22-18-45(4,5)6)40(56)15-14-37(53)47-19-24-64-26-28-66-30-29-65-27-25-63-23-17-38(54)48-20-31-68(60,61)62/h10-13,33-34,41H,14-32H2,1-9H3,(H,47,53)(H,48,54)(H,49,58)(H,50,57)(H,51,55)(H,60,61,62)/t34-,41?/m0/s1. The zero-order valence-electron chi connectivity index (χ0n) is 41.5. The SMILES string of the molecule is CC(C)C(NC(=O)CCN(CCC(C)(C)C)C(=O)CCC(=O)NCCOCCOCCOCCOCCC(=O)NCCS(=O)(=O)O)C(=O)N[C@@H](C)C(=O)Nc1ccc(COC(=O)C(C)(C)C)cc1. The largest absolute Gasteiger partial charge is 0.460 e. The number of ether oxygens (including phenoxy) is 5. The van der Waals surface area contributed by atoms with Gasteiger partial charge in [-0.1, -0.05) is 46.8 Å². The van der Waals surface area contributed by atoms with Crippen molar-refractivity contribution in [2.24, 2.45) is 16.7 Å². The van der Waals surface area contributed by atoms with Crippen molar-refractivity contribution < 1.29 is 70.2 Å². The van der Waals surface area contributed by atoms with Crippen LogP contribution in [-0.2, 0) is 74.0 Å². The van der Waals surface area contributed by atoms with Gasteiger partial charge in [0.2, 0.25) is 35.4 Å². The predicted octanol–water partition coefficient (Wildman–Crippen LogP) is 2.37. The quantitative estimate of drug-likeness (QED) is 0.0329. The lowest BCUT2D eigenvalue weighted by Gasteiger charge is -2.28. The fraction of sp³-hybridized carbons (Fsp3) is 0.717. The van der Waals surface area contributed by atoms with E-state index in [1.807, 2.05) is 20.8 Å². The van der Waals surface area contributed by atoms with Gasteiger partial charge in [0.25, 0.3) is 10.1 Å². The van der Waals surface area contributed by atoms with Gasteiger partial charge < -0.3 is 55.2 Å². The summed E-state index contributed by atoms with van der Waals surface area (Å²) in [5, 5.41) is 13.3. The molecule has 0 bridgehead atoms. The molecule has 1 aromatic rings. The molecule has 21 nitrogen and oxygen atoms in total. The Labute approximate surface area is 402 Å². The zero-order chi connectivity index (χ0) is 51.3. The van der Waals surface area contributed by atoms with E-state index in [9.17, 15) is 42.0 Å². The van der Waals surface area contributed by atoms with Crippen molar-refractivity contribution in [2.75, 3.05) is 90.1 Å². The smallest absolute Gasteiger partial charge is 0.311 e. The van der Waals surface area contributed by atoms with Crippen LogP contribution in [0.1, 0.15) is 100.0 Å². The third-order valence-electron chi connectivity index (χ3n) is 9.72. The Kier molecular flexibility index (Phi) is 29.0. The second-order valence-electron chi connectivity index (χ2n) is 18.7. The first-order valence-electron chi connectivity index (χ1n) is 23.0. The number of carbonyl (C=O) groups is 7. The number of benzene rings is 1. The van der Waals surface area contributed by atoms with E-state index >= 15 is 0 Å². The number of carbonyl (C=O) groups excluding carboxylic acids is 7. The van der Waals surface area contributed by atoms with Crippen molar-refractivity contribution in [3.05, 3.63) is 29.8 Å². The van der Waals surface area contributed by atoms with Crippen molar-refractivity contribution >= 4 is 57.2 Å². The van der Waals surface area contributed by atoms with Crippen LogP contribution < -0.4 is 26.6 Å². The molecule has 0 aliphatic heterocycles. The lowest BCUT2D eigenvalue weighted by atomic mass is 9.92. The maximum Gasteiger partial charge on any atom is 0.311 e. The lowest BCUT2D eigenvalue weighted by molar-refractivity contribution is -0.154. The molecular formula is C46H78N6O15S. The molecule has 0 aliphatic rings. The highest BCUT2D eigenvalue weighted by Gasteiger charge is 2.28. The first kappa shape index (κ1) is 61.3. The van der Waals surface area contributed by atoms with Crippen LogP contribution in [0.25, 0.3) is 0 Å². The van der Waals surface area contributed by atoms with Gasteiger partial charge in [0, 0.05) is 57.5 Å². The first-order chi connectivity index (χ1) is 31.8. The molecule has 2 atom stereocenters. The molecule has 1 unspecified atom stereocenters. The summed E-state index contributed by atoms with van der Waals surface area (Å²) in [5.41, 5.74) is 0.493. The third-order valence-corrected chi connectivity index (χ3v) is 10.4. The van der Waals surface area contributed by atoms with Crippen molar-refractivity contribution in [1.29, 1.82) is 0 Å². The molecule has 0 radical (unpaired) electrons. The van der Waals surface area contributed by atoms with Gasteiger partial charge in [-0.2, -0.15) is 8.42 Å². The molecule has 6 N–H and O–H groups in total. The first-order valence-corrected chi connectivity index (χ1v) is 24.6. The molecule has 0 spiro atoms. The average Bonchev–Trinajstić information content (AvgIpc) is 3.24. The van der Waals surface area contributed by atoms with Crippen molar-refractivity contribution in [3.8, 4) is 0 Å². The lowest BCUT2D eigenvalue weighted by Crippen LogP contribution is -2.54. The topological polar surface area (TPSA) is 283 Å².